The van der Waals surface area contributed by atoms with Crippen LogP contribution >= 0.6 is 43.5 Å². The molecule has 1 aromatic carbocycles. The van der Waals surface area contributed by atoms with Crippen LogP contribution in [0.3, 0.4) is 0 Å². The number of anilines is 1. The number of fused-ring (bicyclic) bond motifs is 1. The molecule has 1 saturated carbocycles. The van der Waals surface area contributed by atoms with Crippen LogP contribution in [0.25, 0.3) is 0 Å². The number of nitrogens with zero attached hydrogens (tertiary/aromatic N) is 1. The zero-order valence-electron chi connectivity index (χ0n) is 10.8. The molecular weight excluding hydrogens is 425 g/mol. The Morgan fingerprint density at radius 3 is 2.10 bits per heavy atom. The smallest absolute Gasteiger partial charge is 0.237 e. The van der Waals surface area contributed by atoms with Gasteiger partial charge in [0.15, 0.2) is 0 Å². The predicted octanol–water partition coefficient (Wildman–Crippen LogP) is 3.47. The van der Waals surface area contributed by atoms with Crippen molar-refractivity contribution in [3.8, 4) is 5.75 Å². The first-order chi connectivity index (χ1) is 9.90. The minimum atomic E-state index is -0.328. The summed E-state index contributed by atoms with van der Waals surface area (Å²) >= 11 is 12.9. The molecular formula is C14H12Br2ClNO3. The third-order valence-electron chi connectivity index (χ3n) is 4.09. The Balaban J connectivity index is 1.97. The van der Waals surface area contributed by atoms with E-state index in [1.807, 2.05) is 0 Å². The number of alkyl halides is 2. The zero-order valence-corrected chi connectivity index (χ0v) is 14.7. The average Bonchev–Trinajstić information content (AvgIpc) is 2.64. The Morgan fingerprint density at radius 2 is 1.62 bits per heavy atom. The van der Waals surface area contributed by atoms with Crippen LogP contribution in [0.5, 0.6) is 5.75 Å². The molecule has 4 unspecified atom stereocenters. The van der Waals surface area contributed by atoms with Gasteiger partial charge in [-0.1, -0.05) is 43.5 Å². The molecule has 1 aromatic rings. The number of aromatic hydroxyl groups is 1. The molecule has 1 saturated heterocycles. The number of hydrogen-bond donors (Lipinski definition) is 1. The van der Waals surface area contributed by atoms with E-state index in [0.29, 0.717) is 17.9 Å². The quantitative estimate of drug-likeness (QED) is 0.541. The Kier molecular flexibility index (Phi) is 4.05. The molecule has 1 aliphatic heterocycles. The van der Waals surface area contributed by atoms with Gasteiger partial charge >= 0.3 is 0 Å². The van der Waals surface area contributed by atoms with Crippen molar-refractivity contribution in [3.05, 3.63) is 23.2 Å². The number of benzene rings is 1. The summed E-state index contributed by atoms with van der Waals surface area (Å²) in [6, 6.07) is 4.39. The van der Waals surface area contributed by atoms with Crippen molar-refractivity contribution in [1.82, 2.24) is 0 Å². The second-order valence-corrected chi connectivity index (χ2v) is 8.15. The number of rotatable bonds is 1. The van der Waals surface area contributed by atoms with Gasteiger partial charge in [-0.25, -0.2) is 4.90 Å². The standard InChI is InChI=1S/C14H12Br2ClNO3/c15-9-4-7-8(5-10(9)16)14(21)18(13(7)20)11-2-1-6(17)3-12(11)19/h1-3,7-10,19H,4-5H2. The Morgan fingerprint density at radius 1 is 1.10 bits per heavy atom. The highest BCUT2D eigenvalue weighted by molar-refractivity contribution is 9.12. The van der Waals surface area contributed by atoms with Crippen LogP contribution in [0, 0.1) is 11.8 Å². The molecule has 0 bridgehead atoms. The Labute approximate surface area is 143 Å². The van der Waals surface area contributed by atoms with Gasteiger partial charge in [0.2, 0.25) is 11.8 Å². The van der Waals surface area contributed by atoms with Gasteiger partial charge in [-0.15, -0.1) is 0 Å². The van der Waals surface area contributed by atoms with E-state index in [4.69, 9.17) is 11.6 Å². The van der Waals surface area contributed by atoms with E-state index in [1.165, 1.54) is 12.1 Å². The highest BCUT2D eigenvalue weighted by atomic mass is 79.9. The monoisotopic (exact) mass is 435 g/mol. The number of phenolic OH excluding ortho intramolecular Hbond substituents is 1. The fourth-order valence-electron chi connectivity index (χ4n) is 3.02. The van der Waals surface area contributed by atoms with Gasteiger partial charge in [0.05, 0.1) is 17.5 Å². The molecule has 7 heteroatoms. The van der Waals surface area contributed by atoms with Crippen molar-refractivity contribution in [1.29, 1.82) is 0 Å². The topological polar surface area (TPSA) is 57.6 Å². The fourth-order valence-corrected chi connectivity index (χ4v) is 4.42. The van der Waals surface area contributed by atoms with Crippen molar-refractivity contribution in [2.24, 2.45) is 11.8 Å². The first-order valence-electron chi connectivity index (χ1n) is 6.54. The van der Waals surface area contributed by atoms with Crippen molar-refractivity contribution < 1.29 is 14.7 Å². The van der Waals surface area contributed by atoms with Crippen molar-refractivity contribution in [2.45, 2.75) is 22.5 Å². The van der Waals surface area contributed by atoms with Gasteiger partial charge in [0, 0.05) is 20.7 Å². The largest absolute Gasteiger partial charge is 0.506 e. The molecule has 21 heavy (non-hydrogen) atoms. The maximum absolute atomic E-state index is 12.6. The van der Waals surface area contributed by atoms with Crippen molar-refractivity contribution in [3.63, 3.8) is 0 Å². The summed E-state index contributed by atoms with van der Waals surface area (Å²) in [6.07, 6.45) is 1.21. The summed E-state index contributed by atoms with van der Waals surface area (Å²) in [5.74, 6) is -1.30. The van der Waals surface area contributed by atoms with E-state index in [2.05, 4.69) is 31.9 Å². The molecule has 4 atom stereocenters. The van der Waals surface area contributed by atoms with Crippen molar-refractivity contribution in [2.75, 3.05) is 4.90 Å². The van der Waals surface area contributed by atoms with Crippen LogP contribution in [0.15, 0.2) is 18.2 Å². The molecule has 0 aromatic heterocycles. The SMILES string of the molecule is O=C1C2CC(Br)C(Br)CC2C(=O)N1c1ccc(Cl)cc1O. The summed E-state index contributed by atoms with van der Waals surface area (Å²) in [6.45, 7) is 0. The normalized spacial score (nSPS) is 32.4. The molecule has 0 radical (unpaired) electrons. The van der Waals surface area contributed by atoms with Crippen LogP contribution in [-0.4, -0.2) is 26.6 Å². The number of carbonyl (C=O) groups is 2. The van der Waals surface area contributed by atoms with Gasteiger partial charge in [0.1, 0.15) is 5.75 Å². The Hall–Kier alpha value is -0.590. The van der Waals surface area contributed by atoms with E-state index in [9.17, 15) is 14.7 Å². The number of hydrogen-bond acceptors (Lipinski definition) is 3. The molecule has 0 spiro atoms. The molecule has 2 amide bonds. The highest BCUT2D eigenvalue weighted by Crippen LogP contribution is 2.45. The molecule has 1 N–H and O–H groups in total. The first-order valence-corrected chi connectivity index (χ1v) is 8.75. The van der Waals surface area contributed by atoms with Gasteiger partial charge in [-0.2, -0.15) is 0 Å². The fraction of sp³-hybridized carbons (Fsp3) is 0.429. The number of phenols is 1. The summed E-state index contributed by atoms with van der Waals surface area (Å²) in [7, 11) is 0. The summed E-state index contributed by atoms with van der Waals surface area (Å²) < 4.78 is 0. The number of carbonyl (C=O) groups excluding carboxylic acids is 2. The lowest BCUT2D eigenvalue weighted by molar-refractivity contribution is -0.122. The maximum Gasteiger partial charge on any atom is 0.237 e. The van der Waals surface area contributed by atoms with Gasteiger partial charge in [0.25, 0.3) is 0 Å². The van der Waals surface area contributed by atoms with E-state index in [0.717, 1.165) is 4.90 Å². The van der Waals surface area contributed by atoms with E-state index in [1.54, 1.807) is 6.07 Å². The third-order valence-corrected chi connectivity index (χ3v) is 7.06. The summed E-state index contributed by atoms with van der Waals surface area (Å²) in [5, 5.41) is 10.3. The molecule has 1 heterocycles. The summed E-state index contributed by atoms with van der Waals surface area (Å²) in [4.78, 5) is 26.6. The van der Waals surface area contributed by atoms with Crippen LogP contribution in [-0.2, 0) is 9.59 Å². The third kappa shape index (κ3) is 2.51. The minimum absolute atomic E-state index is 0.159. The lowest BCUT2D eigenvalue weighted by Gasteiger charge is -2.29. The molecule has 4 nitrogen and oxygen atoms in total. The molecule has 1 aliphatic carbocycles. The van der Waals surface area contributed by atoms with E-state index >= 15 is 0 Å². The molecule has 2 aliphatic rings. The van der Waals surface area contributed by atoms with Crippen LogP contribution in [0.1, 0.15) is 12.8 Å². The number of imide groups is 1. The minimum Gasteiger partial charge on any atom is -0.506 e. The van der Waals surface area contributed by atoms with Crippen LogP contribution in [0.2, 0.25) is 5.02 Å². The van der Waals surface area contributed by atoms with Crippen LogP contribution in [0.4, 0.5) is 5.69 Å². The predicted molar refractivity (Wildman–Crippen MR) is 87.3 cm³/mol. The van der Waals surface area contributed by atoms with Crippen LogP contribution < -0.4 is 4.90 Å². The lowest BCUT2D eigenvalue weighted by Crippen LogP contribution is -2.34. The highest BCUT2D eigenvalue weighted by Gasteiger charge is 2.52. The molecule has 3 rings (SSSR count). The number of halogens is 3. The maximum atomic E-state index is 12.6. The zero-order chi connectivity index (χ0) is 15.3. The second kappa shape index (κ2) is 5.56. The average molecular weight is 438 g/mol. The van der Waals surface area contributed by atoms with Gasteiger partial charge < -0.3 is 5.11 Å². The van der Waals surface area contributed by atoms with Crippen molar-refractivity contribution >= 4 is 61.0 Å². The number of amides is 2. The first kappa shape index (κ1) is 15.3. The molecule has 112 valence electrons. The second-order valence-electron chi connectivity index (χ2n) is 5.36. The van der Waals surface area contributed by atoms with Gasteiger partial charge in [-0.05, 0) is 25.0 Å². The van der Waals surface area contributed by atoms with E-state index < -0.39 is 0 Å². The van der Waals surface area contributed by atoms with Gasteiger partial charge in [-0.3, -0.25) is 9.59 Å². The molecule has 2 fully saturated rings. The Bertz CT molecular complexity index is 596. The lowest BCUT2D eigenvalue weighted by atomic mass is 9.81. The van der Waals surface area contributed by atoms with E-state index in [-0.39, 0.29) is 44.7 Å². The summed E-state index contributed by atoms with van der Waals surface area (Å²) in [5.41, 5.74) is 0.209.